The van der Waals surface area contributed by atoms with Crippen LogP contribution in [0.1, 0.15) is 69.2 Å². The molecule has 2 aliphatic heterocycles. The lowest BCUT2D eigenvalue weighted by Gasteiger charge is -2.36. The van der Waals surface area contributed by atoms with Gasteiger partial charge in [0, 0.05) is 44.5 Å². The van der Waals surface area contributed by atoms with Gasteiger partial charge in [-0.3, -0.25) is 14.3 Å². The van der Waals surface area contributed by atoms with Crippen LogP contribution in [0.15, 0.2) is 24.3 Å². The first-order chi connectivity index (χ1) is 16.9. The molecule has 2 aromatic rings. The molecule has 1 atom stereocenters. The van der Waals surface area contributed by atoms with Crippen molar-refractivity contribution >= 4 is 17.8 Å². The molecule has 2 amide bonds. The molecule has 0 bridgehead atoms. The second-order valence-electron chi connectivity index (χ2n) is 9.63. The predicted molar refractivity (Wildman–Crippen MR) is 129 cm³/mol. The highest BCUT2D eigenvalue weighted by atomic mass is 16.5. The number of carbonyl (C=O) groups is 3. The Balaban J connectivity index is 1.45. The third kappa shape index (κ3) is 5.40. The average Bonchev–Trinajstić information content (AvgIpc) is 3.15. The van der Waals surface area contributed by atoms with Crippen molar-refractivity contribution in [1.29, 1.82) is 0 Å². The molecule has 1 saturated heterocycles. The van der Waals surface area contributed by atoms with E-state index >= 15 is 0 Å². The van der Waals surface area contributed by atoms with E-state index in [1.54, 1.807) is 36.0 Å². The molecule has 9 heteroatoms. The van der Waals surface area contributed by atoms with E-state index < -0.39 is 5.97 Å². The maximum absolute atomic E-state index is 13.0. The van der Waals surface area contributed by atoms with E-state index in [1.165, 1.54) is 0 Å². The lowest BCUT2D eigenvalue weighted by molar-refractivity contribution is 0.0160. The molecule has 0 saturated carbocycles. The Hall–Kier alpha value is -3.20. The van der Waals surface area contributed by atoms with Crippen LogP contribution in [0.5, 0.6) is 0 Å². The molecule has 188 valence electrons. The van der Waals surface area contributed by atoms with Gasteiger partial charge in [-0.15, -0.1) is 0 Å². The molecule has 1 aromatic carbocycles. The Bertz CT molecular complexity index is 1090. The molecular formula is C26H34N4O5. The fourth-order valence-corrected chi connectivity index (χ4v) is 4.92. The number of rotatable bonds is 7. The third-order valence-corrected chi connectivity index (χ3v) is 7.03. The first-order valence-electron chi connectivity index (χ1n) is 12.3. The van der Waals surface area contributed by atoms with Gasteiger partial charge in [-0.2, -0.15) is 5.10 Å². The zero-order chi connectivity index (χ0) is 25.0. The standard InChI is InChI=1S/C26H34N4O5/c1-4-30-22-20(14-26(16-28-24(22)32)9-11-34-12-10-26)21(29-30)13-17(2)15-35-25(33)19-7-5-18(6-8-19)23(31)27-3/h5-8,17H,4,9-16H2,1-3H3,(H,27,31)(H,28,32)/t17-/m1/s1. The van der Waals surface area contributed by atoms with Crippen molar-refractivity contribution in [1.82, 2.24) is 20.4 Å². The molecule has 35 heavy (non-hydrogen) atoms. The van der Waals surface area contributed by atoms with Gasteiger partial charge in [0.1, 0.15) is 5.69 Å². The number of nitrogens with zero attached hydrogens (tertiary/aromatic N) is 2. The summed E-state index contributed by atoms with van der Waals surface area (Å²) in [6.07, 6.45) is 3.23. The molecule has 1 fully saturated rings. The van der Waals surface area contributed by atoms with Crippen molar-refractivity contribution in [3.8, 4) is 0 Å². The summed E-state index contributed by atoms with van der Waals surface area (Å²) in [5.41, 5.74) is 3.45. The summed E-state index contributed by atoms with van der Waals surface area (Å²) >= 11 is 0. The third-order valence-electron chi connectivity index (χ3n) is 7.03. The Morgan fingerprint density at radius 3 is 2.57 bits per heavy atom. The molecule has 9 nitrogen and oxygen atoms in total. The van der Waals surface area contributed by atoms with Crippen molar-refractivity contribution < 1.29 is 23.9 Å². The molecular weight excluding hydrogens is 448 g/mol. The minimum atomic E-state index is -0.432. The average molecular weight is 483 g/mol. The number of aryl methyl sites for hydroxylation is 1. The largest absolute Gasteiger partial charge is 0.462 e. The summed E-state index contributed by atoms with van der Waals surface area (Å²) in [5, 5.41) is 10.5. The van der Waals surface area contributed by atoms with Crippen LogP contribution < -0.4 is 10.6 Å². The normalized spacial score (nSPS) is 17.7. The van der Waals surface area contributed by atoms with E-state index in [1.807, 2.05) is 13.8 Å². The van der Waals surface area contributed by atoms with Gasteiger partial charge in [0.05, 0.1) is 17.9 Å². The molecule has 1 spiro atoms. The van der Waals surface area contributed by atoms with Crippen LogP contribution in [0.25, 0.3) is 0 Å². The van der Waals surface area contributed by atoms with Crippen LogP contribution in [-0.4, -0.2) is 61.0 Å². The van der Waals surface area contributed by atoms with E-state index in [2.05, 4.69) is 10.6 Å². The smallest absolute Gasteiger partial charge is 0.338 e. The fourth-order valence-electron chi connectivity index (χ4n) is 4.92. The minimum absolute atomic E-state index is 0.00788. The van der Waals surface area contributed by atoms with E-state index in [0.717, 1.165) is 30.5 Å². The highest BCUT2D eigenvalue weighted by Crippen LogP contribution is 2.38. The number of ether oxygens (including phenoxy) is 2. The molecule has 3 heterocycles. The number of nitrogens with one attached hydrogen (secondary N) is 2. The molecule has 0 unspecified atom stereocenters. The number of amides is 2. The summed E-state index contributed by atoms with van der Waals surface area (Å²) in [5.74, 6) is -0.687. The zero-order valence-corrected chi connectivity index (χ0v) is 20.7. The lowest BCUT2D eigenvalue weighted by Crippen LogP contribution is -2.40. The van der Waals surface area contributed by atoms with E-state index in [-0.39, 0.29) is 29.8 Å². The maximum atomic E-state index is 13.0. The second kappa shape index (κ2) is 10.6. The van der Waals surface area contributed by atoms with E-state index in [0.29, 0.717) is 49.5 Å². The Kier molecular flexibility index (Phi) is 7.54. The number of aromatic nitrogens is 2. The number of benzene rings is 1. The van der Waals surface area contributed by atoms with E-state index in [4.69, 9.17) is 14.6 Å². The maximum Gasteiger partial charge on any atom is 0.338 e. The Morgan fingerprint density at radius 1 is 1.23 bits per heavy atom. The topological polar surface area (TPSA) is 112 Å². The van der Waals surface area contributed by atoms with Gasteiger partial charge >= 0.3 is 5.97 Å². The number of carbonyl (C=O) groups excluding carboxylic acids is 3. The number of esters is 1. The number of hydrogen-bond acceptors (Lipinski definition) is 6. The molecule has 2 N–H and O–H groups in total. The summed E-state index contributed by atoms with van der Waals surface area (Å²) in [7, 11) is 1.56. The number of fused-ring (bicyclic) bond motifs is 1. The zero-order valence-electron chi connectivity index (χ0n) is 20.7. The van der Waals surface area contributed by atoms with Gasteiger partial charge in [-0.25, -0.2) is 4.79 Å². The van der Waals surface area contributed by atoms with E-state index in [9.17, 15) is 14.4 Å². The van der Waals surface area contributed by atoms with Crippen molar-refractivity contribution in [2.45, 2.75) is 46.1 Å². The monoisotopic (exact) mass is 482 g/mol. The van der Waals surface area contributed by atoms with Crippen molar-refractivity contribution in [2.24, 2.45) is 11.3 Å². The first-order valence-corrected chi connectivity index (χ1v) is 12.3. The van der Waals surface area contributed by atoms with Gasteiger partial charge in [0.25, 0.3) is 11.8 Å². The highest BCUT2D eigenvalue weighted by Gasteiger charge is 2.39. The summed E-state index contributed by atoms with van der Waals surface area (Å²) < 4.78 is 12.9. The summed E-state index contributed by atoms with van der Waals surface area (Å²) in [6.45, 7) is 6.91. The summed E-state index contributed by atoms with van der Waals surface area (Å²) in [4.78, 5) is 37.2. The molecule has 0 aliphatic carbocycles. The van der Waals surface area contributed by atoms with Crippen LogP contribution in [0.3, 0.4) is 0 Å². The molecule has 4 rings (SSSR count). The van der Waals surface area contributed by atoms with Crippen LogP contribution in [0.2, 0.25) is 0 Å². The van der Waals surface area contributed by atoms with Gasteiger partial charge in [-0.1, -0.05) is 6.92 Å². The quantitative estimate of drug-likeness (QED) is 0.586. The van der Waals surface area contributed by atoms with Crippen LogP contribution in [0.4, 0.5) is 0 Å². The Morgan fingerprint density at radius 2 is 1.91 bits per heavy atom. The molecule has 2 aliphatic rings. The van der Waals surface area contributed by atoms with Crippen LogP contribution in [0, 0.1) is 11.3 Å². The van der Waals surface area contributed by atoms with Crippen molar-refractivity contribution in [3.63, 3.8) is 0 Å². The number of hydrogen-bond donors (Lipinski definition) is 2. The lowest BCUT2D eigenvalue weighted by atomic mass is 9.75. The highest BCUT2D eigenvalue weighted by molar-refractivity contribution is 5.96. The van der Waals surface area contributed by atoms with Gasteiger partial charge < -0.3 is 20.1 Å². The van der Waals surface area contributed by atoms with Gasteiger partial charge in [0.15, 0.2) is 0 Å². The minimum Gasteiger partial charge on any atom is -0.462 e. The van der Waals surface area contributed by atoms with Crippen molar-refractivity contribution in [3.05, 3.63) is 52.3 Å². The second-order valence-corrected chi connectivity index (χ2v) is 9.63. The molecule has 0 radical (unpaired) electrons. The SMILES string of the molecule is CCn1nc(C[C@@H](C)COC(=O)c2ccc(C(=O)NC)cc2)c2c1C(=O)NCC1(CCOCC1)C2. The first kappa shape index (κ1) is 24.9. The van der Waals surface area contributed by atoms with Gasteiger partial charge in [-0.05, 0) is 68.2 Å². The predicted octanol–water partition coefficient (Wildman–Crippen LogP) is 2.38. The van der Waals surface area contributed by atoms with Gasteiger partial charge in [0.2, 0.25) is 0 Å². The van der Waals surface area contributed by atoms with Crippen LogP contribution in [-0.2, 0) is 28.9 Å². The summed E-state index contributed by atoms with van der Waals surface area (Å²) in [6, 6.07) is 6.38. The fraction of sp³-hybridized carbons (Fsp3) is 0.538. The van der Waals surface area contributed by atoms with Crippen LogP contribution >= 0.6 is 0 Å². The molecule has 1 aromatic heterocycles. The van der Waals surface area contributed by atoms with Crippen molar-refractivity contribution in [2.75, 3.05) is 33.4 Å². The Labute approximate surface area is 205 Å².